The number of pyridine rings is 1. The standard InChI is InChI=1S/C15H15F3N2O3S/c16-15(17,18)24-12-9(2-1-5-19-12)13(21)20-6-10(8-3-4-8)11(7-20)14(22)23/h1-2,5,8,10-11H,3-4,6-7H2,(H,22,23)/t10-,11+/m1/s1. The van der Waals surface area contributed by atoms with Gasteiger partial charge >= 0.3 is 11.5 Å². The van der Waals surface area contributed by atoms with Crippen LogP contribution in [0.2, 0.25) is 0 Å². The van der Waals surface area contributed by atoms with Crippen LogP contribution in [-0.4, -0.2) is 45.5 Å². The predicted octanol–water partition coefficient (Wildman–Crippen LogP) is 2.88. The highest BCUT2D eigenvalue weighted by Crippen LogP contribution is 2.44. The van der Waals surface area contributed by atoms with Crippen LogP contribution in [0.4, 0.5) is 13.2 Å². The zero-order chi connectivity index (χ0) is 17.5. The summed E-state index contributed by atoms with van der Waals surface area (Å²) in [6, 6.07) is 2.69. The monoisotopic (exact) mass is 360 g/mol. The van der Waals surface area contributed by atoms with Crippen LogP contribution in [0.5, 0.6) is 0 Å². The van der Waals surface area contributed by atoms with Crippen LogP contribution in [-0.2, 0) is 4.79 Å². The summed E-state index contributed by atoms with van der Waals surface area (Å²) in [6.07, 6.45) is 3.08. The fourth-order valence-electron chi connectivity index (χ4n) is 3.17. The predicted molar refractivity (Wildman–Crippen MR) is 79.4 cm³/mol. The molecule has 0 bridgehead atoms. The zero-order valence-corrected chi connectivity index (χ0v) is 13.3. The first-order valence-electron chi connectivity index (χ1n) is 7.49. The maximum Gasteiger partial charge on any atom is 0.447 e. The highest BCUT2D eigenvalue weighted by atomic mass is 32.2. The average Bonchev–Trinajstić information content (AvgIpc) is 3.23. The van der Waals surface area contributed by atoms with Gasteiger partial charge in [-0.25, -0.2) is 4.98 Å². The van der Waals surface area contributed by atoms with E-state index in [0.717, 1.165) is 12.8 Å². The zero-order valence-electron chi connectivity index (χ0n) is 12.5. The molecule has 1 saturated heterocycles. The van der Waals surface area contributed by atoms with Crippen molar-refractivity contribution in [3.63, 3.8) is 0 Å². The fraction of sp³-hybridized carbons (Fsp3) is 0.533. The van der Waals surface area contributed by atoms with Crippen molar-refractivity contribution in [1.82, 2.24) is 9.88 Å². The van der Waals surface area contributed by atoms with Crippen molar-refractivity contribution < 1.29 is 27.9 Å². The summed E-state index contributed by atoms with van der Waals surface area (Å²) >= 11 is -0.434. The number of halogens is 3. The second kappa shape index (κ2) is 6.27. The Balaban J connectivity index is 1.81. The van der Waals surface area contributed by atoms with Crippen molar-refractivity contribution in [2.24, 2.45) is 17.8 Å². The van der Waals surface area contributed by atoms with Gasteiger partial charge in [-0.3, -0.25) is 9.59 Å². The maximum absolute atomic E-state index is 12.6. The molecule has 3 rings (SSSR count). The summed E-state index contributed by atoms with van der Waals surface area (Å²) in [6.45, 7) is 0.297. The lowest BCUT2D eigenvalue weighted by Crippen LogP contribution is -2.30. The maximum atomic E-state index is 12.6. The van der Waals surface area contributed by atoms with Crippen molar-refractivity contribution in [2.75, 3.05) is 13.1 Å². The Morgan fingerprint density at radius 2 is 2.00 bits per heavy atom. The van der Waals surface area contributed by atoms with E-state index in [1.54, 1.807) is 0 Å². The van der Waals surface area contributed by atoms with Crippen LogP contribution in [0.1, 0.15) is 23.2 Å². The molecule has 0 radical (unpaired) electrons. The van der Waals surface area contributed by atoms with Gasteiger partial charge in [0.25, 0.3) is 5.91 Å². The molecule has 1 aliphatic heterocycles. The van der Waals surface area contributed by atoms with Gasteiger partial charge in [0, 0.05) is 31.0 Å². The first-order chi connectivity index (χ1) is 11.3. The molecule has 9 heteroatoms. The van der Waals surface area contributed by atoms with Gasteiger partial charge in [-0.1, -0.05) is 0 Å². The van der Waals surface area contributed by atoms with Crippen LogP contribution < -0.4 is 0 Å². The molecular formula is C15H15F3N2O3S. The molecule has 24 heavy (non-hydrogen) atoms. The van der Waals surface area contributed by atoms with Crippen molar-refractivity contribution in [3.05, 3.63) is 23.9 Å². The number of carboxylic acids is 1. The Morgan fingerprint density at radius 1 is 1.29 bits per heavy atom. The van der Waals surface area contributed by atoms with E-state index in [-0.39, 0.29) is 24.6 Å². The minimum absolute atomic E-state index is 0.0281. The molecule has 1 saturated carbocycles. The third kappa shape index (κ3) is 3.66. The van der Waals surface area contributed by atoms with E-state index < -0.39 is 40.1 Å². The summed E-state index contributed by atoms with van der Waals surface area (Å²) in [5.41, 5.74) is -4.69. The van der Waals surface area contributed by atoms with Crippen molar-refractivity contribution in [1.29, 1.82) is 0 Å². The van der Waals surface area contributed by atoms with E-state index in [0.29, 0.717) is 5.92 Å². The van der Waals surface area contributed by atoms with Crippen molar-refractivity contribution in [2.45, 2.75) is 23.4 Å². The normalized spacial score (nSPS) is 24.2. The smallest absolute Gasteiger partial charge is 0.447 e. The molecule has 1 aliphatic carbocycles. The topological polar surface area (TPSA) is 70.5 Å². The lowest BCUT2D eigenvalue weighted by Gasteiger charge is -2.18. The molecule has 2 atom stereocenters. The van der Waals surface area contributed by atoms with Gasteiger partial charge in [0.2, 0.25) is 0 Å². The summed E-state index contributed by atoms with van der Waals surface area (Å²) < 4.78 is 37.9. The number of aliphatic carboxylic acids is 1. The molecule has 1 amide bonds. The number of alkyl halides is 3. The molecule has 2 fully saturated rings. The van der Waals surface area contributed by atoms with Gasteiger partial charge in [-0.05, 0) is 36.8 Å². The van der Waals surface area contributed by atoms with Crippen LogP contribution in [0.15, 0.2) is 23.4 Å². The fourth-order valence-corrected chi connectivity index (χ4v) is 3.77. The van der Waals surface area contributed by atoms with Crippen molar-refractivity contribution >= 4 is 23.6 Å². The van der Waals surface area contributed by atoms with Gasteiger partial charge < -0.3 is 10.0 Å². The molecule has 2 aliphatic rings. The minimum Gasteiger partial charge on any atom is -0.481 e. The number of likely N-dealkylation sites (tertiary alicyclic amines) is 1. The summed E-state index contributed by atoms with van der Waals surface area (Å²) in [7, 11) is 0. The minimum atomic E-state index is -4.55. The SMILES string of the molecule is O=C(O)[C@H]1CN(C(=O)c2cccnc2SC(F)(F)F)C[C@@H]1C1CC1. The lowest BCUT2D eigenvalue weighted by molar-refractivity contribution is -0.142. The molecule has 2 heterocycles. The molecule has 0 aromatic carbocycles. The van der Waals surface area contributed by atoms with E-state index in [1.807, 2.05) is 0 Å². The number of rotatable bonds is 4. The van der Waals surface area contributed by atoms with Crippen LogP contribution in [0.25, 0.3) is 0 Å². The quantitative estimate of drug-likeness (QED) is 0.836. The van der Waals surface area contributed by atoms with Gasteiger partial charge in [0.15, 0.2) is 0 Å². The van der Waals surface area contributed by atoms with E-state index in [9.17, 15) is 27.9 Å². The lowest BCUT2D eigenvalue weighted by atomic mass is 9.92. The largest absolute Gasteiger partial charge is 0.481 e. The summed E-state index contributed by atoms with van der Waals surface area (Å²) in [4.78, 5) is 29.0. The molecule has 1 N–H and O–H groups in total. The molecule has 0 spiro atoms. The molecule has 1 aromatic rings. The molecule has 5 nitrogen and oxygen atoms in total. The van der Waals surface area contributed by atoms with E-state index >= 15 is 0 Å². The number of aromatic nitrogens is 1. The highest BCUT2D eigenvalue weighted by molar-refractivity contribution is 8.00. The number of hydrogen-bond acceptors (Lipinski definition) is 4. The van der Waals surface area contributed by atoms with E-state index in [2.05, 4.69) is 4.98 Å². The number of carbonyl (C=O) groups excluding carboxylic acids is 1. The first kappa shape index (κ1) is 17.1. The first-order valence-corrected chi connectivity index (χ1v) is 8.31. The van der Waals surface area contributed by atoms with E-state index in [1.165, 1.54) is 23.2 Å². The molecule has 1 aromatic heterocycles. The van der Waals surface area contributed by atoms with Gasteiger partial charge in [-0.2, -0.15) is 13.2 Å². The van der Waals surface area contributed by atoms with E-state index in [4.69, 9.17) is 0 Å². The third-order valence-electron chi connectivity index (χ3n) is 4.41. The molecule has 0 unspecified atom stereocenters. The van der Waals surface area contributed by atoms with Gasteiger partial charge in [0.1, 0.15) is 5.03 Å². The molecule has 130 valence electrons. The third-order valence-corrected chi connectivity index (χ3v) is 5.16. The Morgan fingerprint density at radius 3 is 2.58 bits per heavy atom. The Hall–Kier alpha value is -1.77. The number of thioether (sulfide) groups is 1. The van der Waals surface area contributed by atoms with Gasteiger partial charge in [0.05, 0.1) is 11.5 Å². The van der Waals surface area contributed by atoms with Gasteiger partial charge in [-0.15, -0.1) is 0 Å². The summed E-state index contributed by atoms with van der Waals surface area (Å²) in [5.74, 6) is -2.04. The highest BCUT2D eigenvalue weighted by Gasteiger charge is 2.47. The van der Waals surface area contributed by atoms with Crippen LogP contribution in [0.3, 0.4) is 0 Å². The number of amides is 1. The Kier molecular flexibility index (Phi) is 4.46. The Bertz CT molecular complexity index is 664. The number of hydrogen-bond donors (Lipinski definition) is 1. The van der Waals surface area contributed by atoms with Crippen molar-refractivity contribution in [3.8, 4) is 0 Å². The molecular weight excluding hydrogens is 345 g/mol. The Labute approximate surface area is 140 Å². The average molecular weight is 360 g/mol. The second-order valence-electron chi connectivity index (χ2n) is 6.06. The number of nitrogens with zero attached hydrogens (tertiary/aromatic N) is 2. The van der Waals surface area contributed by atoms with Crippen LogP contribution >= 0.6 is 11.8 Å². The number of carbonyl (C=O) groups is 2. The summed E-state index contributed by atoms with van der Waals surface area (Å²) in [5, 5.41) is 8.93. The number of carboxylic acid groups (broad SMARTS) is 1. The van der Waals surface area contributed by atoms with Crippen LogP contribution in [0, 0.1) is 17.8 Å². The second-order valence-corrected chi connectivity index (χ2v) is 7.11.